The number of para-hydroxylation sites is 1. The minimum atomic E-state index is -0.166. The van der Waals surface area contributed by atoms with E-state index in [4.69, 9.17) is 0 Å². The summed E-state index contributed by atoms with van der Waals surface area (Å²) in [6, 6.07) is 6.48. The summed E-state index contributed by atoms with van der Waals surface area (Å²) in [6.07, 6.45) is 3.35. The Hall–Kier alpha value is -2.62. The Kier molecular flexibility index (Phi) is 1.56. The van der Waals surface area contributed by atoms with Gasteiger partial charge in [-0.15, -0.1) is 0 Å². The molecule has 4 heteroatoms. The first-order valence-corrected chi connectivity index (χ1v) is 5.52. The van der Waals surface area contributed by atoms with Gasteiger partial charge in [-0.25, -0.2) is 4.98 Å². The molecule has 0 atom stereocenters. The lowest BCUT2D eigenvalue weighted by molar-refractivity contribution is 1.26. The van der Waals surface area contributed by atoms with Crippen molar-refractivity contribution in [1.82, 2.24) is 9.97 Å². The van der Waals surface area contributed by atoms with Crippen LogP contribution in [-0.4, -0.2) is 9.97 Å². The van der Waals surface area contributed by atoms with E-state index in [0.29, 0.717) is 11.0 Å². The molecule has 0 radical (unpaired) electrons. The van der Waals surface area contributed by atoms with E-state index in [1.165, 1.54) is 12.1 Å². The zero-order chi connectivity index (χ0) is 12.3. The van der Waals surface area contributed by atoms with Crippen molar-refractivity contribution in [2.75, 3.05) is 0 Å². The van der Waals surface area contributed by atoms with Gasteiger partial charge >= 0.3 is 0 Å². The van der Waals surface area contributed by atoms with Gasteiger partial charge in [0.15, 0.2) is 0 Å². The lowest BCUT2D eigenvalue weighted by Gasteiger charge is -1.98. The van der Waals surface area contributed by atoms with E-state index < -0.39 is 0 Å². The van der Waals surface area contributed by atoms with Gasteiger partial charge in [-0.3, -0.25) is 14.6 Å². The van der Waals surface area contributed by atoms with Gasteiger partial charge in [0, 0.05) is 34.3 Å². The van der Waals surface area contributed by atoms with Crippen molar-refractivity contribution in [2.24, 2.45) is 0 Å². The Morgan fingerprint density at radius 2 is 1.83 bits per heavy atom. The highest BCUT2D eigenvalue weighted by molar-refractivity contribution is 5.74. The molecule has 0 unspecified atom stereocenters. The SMILES string of the molecule is O=c1cccc2c3c4cncc-4cc(=O)c=3nc1-2. The zero-order valence-electron chi connectivity index (χ0n) is 9.18. The molecule has 4 aliphatic rings. The number of hydrogen-bond donors (Lipinski definition) is 0. The molecular weight excluding hydrogens is 228 g/mol. The summed E-state index contributed by atoms with van der Waals surface area (Å²) in [5, 5.41) is 1.09. The second-order valence-corrected chi connectivity index (χ2v) is 4.27. The van der Waals surface area contributed by atoms with Gasteiger partial charge in [0.05, 0.1) is 0 Å². The molecule has 4 rings (SSSR count). The number of hydrogen-bond acceptors (Lipinski definition) is 4. The molecule has 0 aromatic carbocycles. The quantitative estimate of drug-likeness (QED) is 0.455. The molecular formula is C14H6N2O2. The maximum absolute atomic E-state index is 12.0. The summed E-state index contributed by atoms with van der Waals surface area (Å²) in [7, 11) is 0. The lowest BCUT2D eigenvalue weighted by atomic mass is 10.0. The molecule has 0 amide bonds. The zero-order valence-corrected chi connectivity index (χ0v) is 9.18. The summed E-state index contributed by atoms with van der Waals surface area (Å²) in [6.45, 7) is 0. The van der Waals surface area contributed by atoms with Crippen LogP contribution in [-0.2, 0) is 0 Å². The highest BCUT2D eigenvalue weighted by Gasteiger charge is 2.19. The minimum absolute atomic E-state index is 0.157. The van der Waals surface area contributed by atoms with Crippen LogP contribution in [0.3, 0.4) is 0 Å². The van der Waals surface area contributed by atoms with E-state index in [0.717, 1.165) is 21.9 Å². The van der Waals surface area contributed by atoms with Crippen LogP contribution in [0.15, 0.2) is 46.2 Å². The molecule has 0 aromatic rings. The van der Waals surface area contributed by atoms with Crippen molar-refractivity contribution in [1.29, 1.82) is 0 Å². The summed E-state index contributed by atoms with van der Waals surface area (Å²) in [5.41, 5.74) is 2.43. The number of benzene rings is 1. The van der Waals surface area contributed by atoms with Crippen LogP contribution < -0.4 is 10.9 Å². The number of nitrogens with zero attached hydrogens (tertiary/aromatic N) is 2. The van der Waals surface area contributed by atoms with Crippen LogP contribution >= 0.6 is 0 Å². The Morgan fingerprint density at radius 1 is 0.944 bits per heavy atom. The molecule has 0 N–H and O–H groups in total. The summed E-state index contributed by atoms with van der Waals surface area (Å²) in [4.78, 5) is 32.0. The first-order chi connectivity index (χ1) is 8.75. The van der Waals surface area contributed by atoms with E-state index in [1.54, 1.807) is 18.5 Å². The van der Waals surface area contributed by atoms with Gasteiger partial charge in [0.1, 0.15) is 11.0 Å². The first-order valence-electron chi connectivity index (χ1n) is 5.52. The van der Waals surface area contributed by atoms with E-state index >= 15 is 0 Å². The number of aromatic nitrogens is 2. The van der Waals surface area contributed by atoms with Crippen molar-refractivity contribution in [2.45, 2.75) is 0 Å². The van der Waals surface area contributed by atoms with E-state index in [9.17, 15) is 9.59 Å². The van der Waals surface area contributed by atoms with Gasteiger partial charge in [0.25, 0.3) is 0 Å². The molecule has 0 spiro atoms. The Balaban J connectivity index is 2.43. The van der Waals surface area contributed by atoms with E-state index in [1.807, 2.05) is 6.07 Å². The van der Waals surface area contributed by atoms with Crippen LogP contribution in [0.1, 0.15) is 0 Å². The van der Waals surface area contributed by atoms with Gasteiger partial charge in [-0.1, -0.05) is 12.1 Å². The maximum atomic E-state index is 12.0. The number of fused-ring (bicyclic) bond motifs is 4. The van der Waals surface area contributed by atoms with Crippen LogP contribution in [0.2, 0.25) is 0 Å². The van der Waals surface area contributed by atoms with E-state index in [2.05, 4.69) is 9.97 Å². The molecule has 2 aliphatic heterocycles. The van der Waals surface area contributed by atoms with Gasteiger partial charge in [-0.2, -0.15) is 0 Å². The molecule has 0 aromatic heterocycles. The molecule has 4 nitrogen and oxygen atoms in total. The van der Waals surface area contributed by atoms with Crippen LogP contribution in [0.5, 0.6) is 0 Å². The Morgan fingerprint density at radius 3 is 2.72 bits per heavy atom. The maximum Gasteiger partial charge on any atom is 0.205 e. The molecule has 0 saturated heterocycles. The Labute approximate surface area is 101 Å². The van der Waals surface area contributed by atoms with Gasteiger partial charge in [0.2, 0.25) is 10.9 Å². The molecule has 0 bridgehead atoms. The van der Waals surface area contributed by atoms with Crippen molar-refractivity contribution >= 4 is 0 Å². The van der Waals surface area contributed by atoms with Crippen molar-refractivity contribution < 1.29 is 0 Å². The fourth-order valence-electron chi connectivity index (χ4n) is 2.46. The van der Waals surface area contributed by atoms with Crippen molar-refractivity contribution in [3.8, 4) is 22.4 Å². The third kappa shape index (κ3) is 0.996. The van der Waals surface area contributed by atoms with Crippen LogP contribution in [0.25, 0.3) is 22.4 Å². The van der Waals surface area contributed by atoms with Crippen molar-refractivity contribution in [3.05, 3.63) is 67.7 Å². The van der Waals surface area contributed by atoms with Crippen LogP contribution in [0.4, 0.5) is 0 Å². The molecule has 18 heavy (non-hydrogen) atoms. The van der Waals surface area contributed by atoms with Gasteiger partial charge < -0.3 is 0 Å². The highest BCUT2D eigenvalue weighted by atomic mass is 16.1. The second kappa shape index (κ2) is 2.98. The largest absolute Gasteiger partial charge is 0.288 e. The summed E-state index contributed by atoms with van der Waals surface area (Å²) in [5.74, 6) is 0. The fraction of sp³-hybridized carbons (Fsp3) is 0. The fourth-order valence-corrected chi connectivity index (χ4v) is 2.46. The molecule has 0 saturated carbocycles. The smallest absolute Gasteiger partial charge is 0.205 e. The monoisotopic (exact) mass is 234 g/mol. The minimum Gasteiger partial charge on any atom is -0.288 e. The molecule has 2 heterocycles. The highest BCUT2D eigenvalue weighted by Crippen LogP contribution is 2.28. The average molecular weight is 234 g/mol. The summed E-state index contributed by atoms with van der Waals surface area (Å²) < 4.78 is 0. The predicted octanol–water partition coefficient (Wildman–Crippen LogP) is 1.01. The molecule has 84 valence electrons. The van der Waals surface area contributed by atoms with Gasteiger partial charge in [-0.05, 0) is 12.1 Å². The third-order valence-corrected chi connectivity index (χ3v) is 3.25. The predicted molar refractivity (Wildman–Crippen MR) is 65.5 cm³/mol. The Bertz CT molecular complexity index is 966. The molecule has 2 aliphatic carbocycles. The topological polar surface area (TPSA) is 59.9 Å². The summed E-state index contributed by atoms with van der Waals surface area (Å²) >= 11 is 0. The number of rotatable bonds is 0. The van der Waals surface area contributed by atoms with E-state index in [-0.39, 0.29) is 10.9 Å². The molecule has 0 fully saturated rings. The lowest BCUT2D eigenvalue weighted by Crippen LogP contribution is -2.03. The normalized spacial score (nSPS) is 11.8. The standard InChI is InChI=1S/C14H6N2O2/c17-10-3-1-2-8-12-9-6-15-5-7(9)4-11(18)14(12)16-13(8)10/h1-6H. The van der Waals surface area contributed by atoms with Crippen LogP contribution in [0, 0.1) is 10.6 Å². The third-order valence-electron chi connectivity index (χ3n) is 3.25. The average Bonchev–Trinajstić information content (AvgIpc) is 2.93. The second-order valence-electron chi connectivity index (χ2n) is 4.27. The van der Waals surface area contributed by atoms with Crippen molar-refractivity contribution in [3.63, 3.8) is 0 Å². The first kappa shape index (κ1) is 9.41.